The number of nitrogens with zero attached hydrogens (tertiary/aromatic N) is 3. The number of carbonyl (C=O) groups is 2. The summed E-state index contributed by atoms with van der Waals surface area (Å²) in [5.74, 6) is -0.998. The van der Waals surface area contributed by atoms with Gasteiger partial charge in [-0.05, 0) is 19.9 Å². The van der Waals surface area contributed by atoms with Gasteiger partial charge in [0.05, 0.1) is 27.8 Å². The molecule has 10 heteroatoms. The van der Waals surface area contributed by atoms with Gasteiger partial charge in [-0.2, -0.15) is 0 Å². The molecule has 132 valence electrons. The highest BCUT2D eigenvalue weighted by Crippen LogP contribution is 2.29. The normalized spacial score (nSPS) is 10.4. The van der Waals surface area contributed by atoms with Gasteiger partial charge in [0.15, 0.2) is 5.13 Å². The van der Waals surface area contributed by atoms with Gasteiger partial charge in [-0.3, -0.25) is 19.8 Å². The molecule has 2 rings (SSSR count). The summed E-state index contributed by atoms with van der Waals surface area (Å²) < 4.78 is 4.94. The first kappa shape index (κ1) is 18.8. The number of halogens is 1. The third kappa shape index (κ3) is 3.94. The highest BCUT2D eigenvalue weighted by atomic mass is 35.5. The summed E-state index contributed by atoms with van der Waals surface area (Å²) in [6.07, 6.45) is 0. The van der Waals surface area contributed by atoms with E-state index in [2.05, 4.69) is 4.98 Å². The summed E-state index contributed by atoms with van der Waals surface area (Å²) in [5.41, 5.74) is 0.340. The van der Waals surface area contributed by atoms with Crippen molar-refractivity contribution in [1.29, 1.82) is 0 Å². The number of aromatic nitrogens is 1. The molecule has 0 bridgehead atoms. The molecule has 1 amide bonds. The van der Waals surface area contributed by atoms with Crippen molar-refractivity contribution in [3.8, 4) is 0 Å². The van der Waals surface area contributed by atoms with Crippen molar-refractivity contribution in [1.82, 2.24) is 4.98 Å². The molecule has 8 nitrogen and oxygen atoms in total. The number of hydrogen-bond acceptors (Lipinski definition) is 7. The Morgan fingerprint density at radius 1 is 1.44 bits per heavy atom. The Labute approximate surface area is 152 Å². The minimum absolute atomic E-state index is 0.0371. The van der Waals surface area contributed by atoms with Crippen LogP contribution < -0.4 is 4.90 Å². The number of aryl methyl sites for hydroxylation is 1. The molecule has 2 aromatic rings. The fraction of sp³-hybridized carbons (Fsp3) is 0.267. The highest BCUT2D eigenvalue weighted by molar-refractivity contribution is 7.17. The molecular formula is C15H14ClN3O5S. The summed E-state index contributed by atoms with van der Waals surface area (Å²) in [4.78, 5) is 40.3. The lowest BCUT2D eigenvalue weighted by molar-refractivity contribution is -0.384. The number of hydrogen-bond donors (Lipinski definition) is 0. The fourth-order valence-electron chi connectivity index (χ4n) is 1.97. The van der Waals surface area contributed by atoms with Crippen molar-refractivity contribution >= 4 is 45.6 Å². The zero-order valence-electron chi connectivity index (χ0n) is 13.6. The topological polar surface area (TPSA) is 103 Å². The average Bonchev–Trinajstić information content (AvgIpc) is 2.95. The molecule has 0 atom stereocenters. The van der Waals surface area contributed by atoms with Crippen LogP contribution in [0.1, 0.15) is 32.6 Å². The molecule has 0 N–H and O–H groups in total. The maximum absolute atomic E-state index is 12.6. The molecule has 0 aliphatic rings. The lowest BCUT2D eigenvalue weighted by Gasteiger charge is -2.14. The number of thiazole rings is 1. The van der Waals surface area contributed by atoms with E-state index in [0.29, 0.717) is 15.7 Å². The van der Waals surface area contributed by atoms with Gasteiger partial charge in [0.1, 0.15) is 4.88 Å². The molecule has 1 aromatic heterocycles. The standard InChI is InChI=1S/C15H14ClN3O5S/c1-4-24-14(21)12-8(2)17-15(25-12)18(3)13(20)10-6-5-9(19(22)23)7-11(10)16/h5-7H,4H2,1-3H3. The molecule has 0 saturated carbocycles. The highest BCUT2D eigenvalue weighted by Gasteiger charge is 2.24. The number of rotatable bonds is 5. The van der Waals surface area contributed by atoms with Crippen molar-refractivity contribution in [2.24, 2.45) is 0 Å². The molecule has 1 heterocycles. The Balaban J connectivity index is 2.30. The molecule has 0 aliphatic heterocycles. The van der Waals surface area contributed by atoms with Crippen molar-refractivity contribution in [2.75, 3.05) is 18.6 Å². The SMILES string of the molecule is CCOC(=O)c1sc(N(C)C(=O)c2ccc([N+](=O)[O-])cc2Cl)nc1C. The van der Waals surface area contributed by atoms with Crippen LogP contribution in [0.25, 0.3) is 0 Å². The lowest BCUT2D eigenvalue weighted by Crippen LogP contribution is -2.26. The molecule has 0 fully saturated rings. The average molecular weight is 384 g/mol. The van der Waals surface area contributed by atoms with Gasteiger partial charge < -0.3 is 4.74 Å². The van der Waals surface area contributed by atoms with Gasteiger partial charge in [0, 0.05) is 19.2 Å². The van der Waals surface area contributed by atoms with Gasteiger partial charge in [0.25, 0.3) is 11.6 Å². The number of non-ortho nitro benzene ring substituents is 1. The van der Waals surface area contributed by atoms with Crippen LogP contribution in [0.5, 0.6) is 0 Å². The van der Waals surface area contributed by atoms with Crippen molar-refractivity contribution in [3.05, 3.63) is 49.5 Å². The van der Waals surface area contributed by atoms with Crippen molar-refractivity contribution in [3.63, 3.8) is 0 Å². The fourth-order valence-corrected chi connectivity index (χ4v) is 3.15. The molecule has 1 aromatic carbocycles. The lowest BCUT2D eigenvalue weighted by atomic mass is 10.2. The zero-order valence-corrected chi connectivity index (χ0v) is 15.2. The van der Waals surface area contributed by atoms with E-state index < -0.39 is 16.8 Å². The molecule has 0 spiro atoms. The van der Waals surface area contributed by atoms with E-state index in [1.54, 1.807) is 13.8 Å². The van der Waals surface area contributed by atoms with E-state index in [1.165, 1.54) is 24.1 Å². The monoisotopic (exact) mass is 383 g/mol. The Morgan fingerprint density at radius 2 is 2.12 bits per heavy atom. The van der Waals surface area contributed by atoms with Gasteiger partial charge >= 0.3 is 5.97 Å². The summed E-state index contributed by atoms with van der Waals surface area (Å²) in [6.45, 7) is 3.57. The molecular weight excluding hydrogens is 370 g/mol. The van der Waals surface area contributed by atoms with E-state index >= 15 is 0 Å². The summed E-state index contributed by atoms with van der Waals surface area (Å²) in [7, 11) is 1.48. The Kier molecular flexibility index (Phi) is 5.70. The van der Waals surface area contributed by atoms with E-state index in [9.17, 15) is 19.7 Å². The molecule has 0 unspecified atom stereocenters. The summed E-state index contributed by atoms with van der Waals surface area (Å²) in [5, 5.41) is 11.0. The third-order valence-corrected chi connectivity index (χ3v) is 4.76. The van der Waals surface area contributed by atoms with Gasteiger partial charge in [-0.25, -0.2) is 9.78 Å². The summed E-state index contributed by atoms with van der Waals surface area (Å²) >= 11 is 7.01. The predicted molar refractivity (Wildman–Crippen MR) is 93.6 cm³/mol. The van der Waals surface area contributed by atoms with Crippen LogP contribution in [0.4, 0.5) is 10.8 Å². The zero-order chi connectivity index (χ0) is 18.7. The van der Waals surface area contributed by atoms with E-state index in [1.807, 2.05) is 0 Å². The first-order valence-electron chi connectivity index (χ1n) is 7.12. The number of nitro groups is 1. The van der Waals surface area contributed by atoms with Crippen LogP contribution in [0.2, 0.25) is 5.02 Å². The maximum Gasteiger partial charge on any atom is 0.350 e. The van der Waals surface area contributed by atoms with Crippen LogP contribution in [-0.2, 0) is 4.74 Å². The largest absolute Gasteiger partial charge is 0.462 e. The third-order valence-electron chi connectivity index (χ3n) is 3.23. The van der Waals surface area contributed by atoms with Crippen molar-refractivity contribution in [2.45, 2.75) is 13.8 Å². The second-order valence-electron chi connectivity index (χ2n) is 4.92. The number of esters is 1. The summed E-state index contributed by atoms with van der Waals surface area (Å²) in [6, 6.07) is 3.59. The number of carbonyl (C=O) groups excluding carboxylic acids is 2. The predicted octanol–water partition coefficient (Wildman–Crippen LogP) is 3.47. The minimum Gasteiger partial charge on any atom is -0.462 e. The Hall–Kier alpha value is -2.52. The molecule has 25 heavy (non-hydrogen) atoms. The smallest absolute Gasteiger partial charge is 0.350 e. The van der Waals surface area contributed by atoms with Gasteiger partial charge in [-0.15, -0.1) is 0 Å². The van der Waals surface area contributed by atoms with Crippen LogP contribution >= 0.6 is 22.9 Å². The second kappa shape index (κ2) is 7.58. The quantitative estimate of drug-likeness (QED) is 0.445. The molecule has 0 saturated heterocycles. The van der Waals surface area contributed by atoms with Gasteiger partial charge in [-0.1, -0.05) is 22.9 Å². The van der Waals surface area contributed by atoms with E-state index in [0.717, 1.165) is 17.4 Å². The maximum atomic E-state index is 12.6. The Morgan fingerprint density at radius 3 is 2.68 bits per heavy atom. The first-order chi connectivity index (χ1) is 11.8. The number of benzene rings is 1. The van der Waals surface area contributed by atoms with Crippen LogP contribution in [0, 0.1) is 17.0 Å². The number of nitro benzene ring substituents is 1. The van der Waals surface area contributed by atoms with E-state index in [-0.39, 0.29) is 22.9 Å². The van der Waals surface area contributed by atoms with Crippen LogP contribution in [0.15, 0.2) is 18.2 Å². The second-order valence-corrected chi connectivity index (χ2v) is 6.30. The molecule has 0 radical (unpaired) electrons. The van der Waals surface area contributed by atoms with Crippen LogP contribution in [0.3, 0.4) is 0 Å². The van der Waals surface area contributed by atoms with E-state index in [4.69, 9.17) is 16.3 Å². The molecule has 0 aliphatic carbocycles. The number of anilines is 1. The number of amides is 1. The van der Waals surface area contributed by atoms with Crippen LogP contribution in [-0.4, -0.2) is 35.4 Å². The van der Waals surface area contributed by atoms with Gasteiger partial charge in [0.2, 0.25) is 0 Å². The Bertz CT molecular complexity index is 852. The first-order valence-corrected chi connectivity index (χ1v) is 8.32. The number of ether oxygens (including phenoxy) is 1. The minimum atomic E-state index is -0.598. The van der Waals surface area contributed by atoms with Crippen molar-refractivity contribution < 1.29 is 19.2 Å².